The normalized spacial score (nSPS) is 10.4. The van der Waals surface area contributed by atoms with Crippen molar-refractivity contribution in [2.24, 2.45) is 0 Å². The molecule has 6 heteroatoms. The molecule has 0 fully saturated rings. The van der Waals surface area contributed by atoms with Gasteiger partial charge in [-0.15, -0.1) is 16.6 Å². The first-order chi connectivity index (χ1) is 9.69. The van der Waals surface area contributed by atoms with Crippen molar-refractivity contribution >= 4 is 5.97 Å². The Morgan fingerprint density at radius 2 is 2.10 bits per heavy atom. The number of hydrogen-bond acceptors (Lipinski definition) is 5. The molecular formula is C14H13N3O3. The zero-order valence-corrected chi connectivity index (χ0v) is 10.7. The number of rotatable bonds is 6. The first-order valence-corrected chi connectivity index (χ1v) is 5.94. The van der Waals surface area contributed by atoms with Gasteiger partial charge in [0, 0.05) is 5.56 Å². The molecule has 0 amide bonds. The quantitative estimate of drug-likeness (QED) is 0.797. The smallest absolute Gasteiger partial charge is 0.317 e. The molecule has 0 aliphatic carbocycles. The van der Waals surface area contributed by atoms with E-state index < -0.39 is 5.97 Å². The zero-order valence-electron chi connectivity index (χ0n) is 10.7. The Morgan fingerprint density at radius 1 is 1.35 bits per heavy atom. The van der Waals surface area contributed by atoms with E-state index in [1.165, 1.54) is 4.90 Å². The van der Waals surface area contributed by atoms with Crippen LogP contribution in [-0.2, 0) is 11.3 Å². The minimum Gasteiger partial charge on any atom is -0.480 e. The minimum atomic E-state index is -0.956. The van der Waals surface area contributed by atoms with Gasteiger partial charge in [-0.3, -0.25) is 9.69 Å². The fourth-order valence-corrected chi connectivity index (χ4v) is 1.69. The van der Waals surface area contributed by atoms with E-state index >= 15 is 0 Å². The van der Waals surface area contributed by atoms with Crippen LogP contribution >= 0.6 is 0 Å². The Kier molecular flexibility index (Phi) is 4.47. The summed E-state index contributed by atoms with van der Waals surface area (Å²) in [4.78, 5) is 12.3. The molecule has 2 aromatic rings. The molecule has 0 saturated heterocycles. The SMILES string of the molecule is C#CCN(CC(=O)O)Cc1nnc(-c2ccccc2)o1. The monoisotopic (exact) mass is 271 g/mol. The fourth-order valence-electron chi connectivity index (χ4n) is 1.69. The Bertz CT molecular complexity index is 616. The lowest BCUT2D eigenvalue weighted by Gasteiger charge is -2.14. The van der Waals surface area contributed by atoms with Crippen molar-refractivity contribution in [3.8, 4) is 23.8 Å². The van der Waals surface area contributed by atoms with Crippen molar-refractivity contribution in [2.75, 3.05) is 13.1 Å². The van der Waals surface area contributed by atoms with Crippen LogP contribution in [-0.4, -0.2) is 39.3 Å². The lowest BCUT2D eigenvalue weighted by molar-refractivity contribution is -0.138. The van der Waals surface area contributed by atoms with E-state index in [4.69, 9.17) is 15.9 Å². The van der Waals surface area contributed by atoms with Crippen molar-refractivity contribution in [2.45, 2.75) is 6.54 Å². The average Bonchev–Trinajstić information content (AvgIpc) is 2.88. The highest BCUT2D eigenvalue weighted by Crippen LogP contribution is 2.17. The number of aliphatic carboxylic acids is 1. The predicted octanol–water partition coefficient (Wildman–Crippen LogP) is 1.26. The molecule has 1 heterocycles. The number of aromatic nitrogens is 2. The third-order valence-corrected chi connectivity index (χ3v) is 2.52. The molecule has 0 unspecified atom stereocenters. The fraction of sp³-hybridized carbons (Fsp3) is 0.214. The Balaban J connectivity index is 2.08. The van der Waals surface area contributed by atoms with Gasteiger partial charge in [0.25, 0.3) is 0 Å². The standard InChI is InChI=1S/C14H13N3O3/c1-2-8-17(10-13(18)19)9-12-15-16-14(20-12)11-6-4-3-5-7-11/h1,3-7H,8-10H2,(H,18,19). The third-order valence-electron chi connectivity index (χ3n) is 2.52. The van der Waals surface area contributed by atoms with E-state index in [1.807, 2.05) is 30.3 Å². The number of carbonyl (C=O) groups is 1. The summed E-state index contributed by atoms with van der Waals surface area (Å²) < 4.78 is 5.50. The number of benzene rings is 1. The molecule has 0 saturated carbocycles. The summed E-state index contributed by atoms with van der Waals surface area (Å²) in [6.07, 6.45) is 5.20. The van der Waals surface area contributed by atoms with Crippen LogP contribution in [0.3, 0.4) is 0 Å². The molecular weight excluding hydrogens is 258 g/mol. The minimum absolute atomic E-state index is 0.173. The molecule has 0 aliphatic heterocycles. The first kappa shape index (κ1) is 13.8. The van der Waals surface area contributed by atoms with Crippen LogP contribution in [0, 0.1) is 12.3 Å². The van der Waals surface area contributed by atoms with Crippen molar-refractivity contribution < 1.29 is 14.3 Å². The van der Waals surface area contributed by atoms with Crippen molar-refractivity contribution in [3.63, 3.8) is 0 Å². The van der Waals surface area contributed by atoms with Crippen LogP contribution in [0.25, 0.3) is 11.5 Å². The lowest BCUT2D eigenvalue weighted by Crippen LogP contribution is -2.29. The second-order valence-corrected chi connectivity index (χ2v) is 4.11. The number of nitrogens with zero attached hydrogens (tertiary/aromatic N) is 3. The maximum Gasteiger partial charge on any atom is 0.317 e. The molecule has 1 aromatic carbocycles. The first-order valence-electron chi connectivity index (χ1n) is 5.94. The number of hydrogen-bond donors (Lipinski definition) is 1. The van der Waals surface area contributed by atoms with Gasteiger partial charge in [0.05, 0.1) is 19.6 Å². The summed E-state index contributed by atoms with van der Waals surface area (Å²) in [6, 6.07) is 9.34. The van der Waals surface area contributed by atoms with E-state index in [0.717, 1.165) is 5.56 Å². The van der Waals surface area contributed by atoms with Crippen LogP contribution in [0.2, 0.25) is 0 Å². The Labute approximate surface area is 116 Å². The number of carboxylic acids is 1. The van der Waals surface area contributed by atoms with E-state index in [1.54, 1.807) is 0 Å². The summed E-state index contributed by atoms with van der Waals surface area (Å²) in [5.74, 6) is 2.18. The van der Waals surface area contributed by atoms with Gasteiger partial charge in [-0.2, -0.15) is 0 Å². The van der Waals surface area contributed by atoms with Gasteiger partial charge in [0.1, 0.15) is 0 Å². The maximum absolute atomic E-state index is 10.7. The molecule has 0 spiro atoms. The van der Waals surface area contributed by atoms with Crippen molar-refractivity contribution in [3.05, 3.63) is 36.2 Å². The van der Waals surface area contributed by atoms with Crippen LogP contribution in [0.5, 0.6) is 0 Å². The molecule has 1 aromatic heterocycles. The van der Waals surface area contributed by atoms with E-state index in [-0.39, 0.29) is 19.6 Å². The third kappa shape index (κ3) is 3.67. The van der Waals surface area contributed by atoms with Gasteiger partial charge in [-0.1, -0.05) is 24.1 Å². The van der Waals surface area contributed by atoms with Crippen LogP contribution in [0.1, 0.15) is 5.89 Å². The summed E-state index contributed by atoms with van der Waals surface area (Å²) in [5.41, 5.74) is 0.813. The molecule has 0 bridgehead atoms. The Hall–Kier alpha value is -2.65. The maximum atomic E-state index is 10.7. The lowest BCUT2D eigenvalue weighted by atomic mass is 10.2. The summed E-state index contributed by atoms with van der Waals surface area (Å²) in [7, 11) is 0. The van der Waals surface area contributed by atoms with Crippen LogP contribution in [0.15, 0.2) is 34.7 Å². The molecule has 6 nitrogen and oxygen atoms in total. The molecule has 0 radical (unpaired) electrons. The van der Waals surface area contributed by atoms with Gasteiger partial charge in [0.2, 0.25) is 11.8 Å². The van der Waals surface area contributed by atoms with Gasteiger partial charge in [-0.25, -0.2) is 0 Å². The van der Waals surface area contributed by atoms with Crippen molar-refractivity contribution in [1.82, 2.24) is 15.1 Å². The second-order valence-electron chi connectivity index (χ2n) is 4.11. The molecule has 20 heavy (non-hydrogen) atoms. The highest BCUT2D eigenvalue weighted by atomic mass is 16.4. The molecule has 0 atom stereocenters. The van der Waals surface area contributed by atoms with Crippen LogP contribution in [0.4, 0.5) is 0 Å². The zero-order chi connectivity index (χ0) is 14.4. The van der Waals surface area contributed by atoms with Crippen LogP contribution < -0.4 is 0 Å². The van der Waals surface area contributed by atoms with E-state index in [9.17, 15) is 4.79 Å². The number of terminal acetylenes is 1. The van der Waals surface area contributed by atoms with E-state index in [2.05, 4.69) is 16.1 Å². The van der Waals surface area contributed by atoms with Crippen molar-refractivity contribution in [1.29, 1.82) is 0 Å². The average molecular weight is 271 g/mol. The van der Waals surface area contributed by atoms with Gasteiger partial charge in [-0.05, 0) is 12.1 Å². The highest BCUT2D eigenvalue weighted by Gasteiger charge is 2.14. The van der Waals surface area contributed by atoms with Gasteiger partial charge < -0.3 is 9.52 Å². The predicted molar refractivity (Wildman–Crippen MR) is 71.5 cm³/mol. The largest absolute Gasteiger partial charge is 0.480 e. The molecule has 1 N–H and O–H groups in total. The second kappa shape index (κ2) is 6.50. The van der Waals surface area contributed by atoms with E-state index in [0.29, 0.717) is 11.8 Å². The molecule has 2 rings (SSSR count). The Morgan fingerprint density at radius 3 is 2.75 bits per heavy atom. The molecule has 0 aliphatic rings. The molecule has 102 valence electrons. The number of carboxylic acid groups (broad SMARTS) is 1. The summed E-state index contributed by atoms with van der Waals surface area (Å²) in [5, 5.41) is 16.6. The topological polar surface area (TPSA) is 79.5 Å². The summed E-state index contributed by atoms with van der Waals surface area (Å²) in [6.45, 7) is 0.235. The van der Waals surface area contributed by atoms with Gasteiger partial charge in [0.15, 0.2) is 0 Å². The van der Waals surface area contributed by atoms with Gasteiger partial charge >= 0.3 is 5.97 Å². The highest BCUT2D eigenvalue weighted by molar-refractivity contribution is 5.69. The summed E-state index contributed by atoms with van der Waals surface area (Å²) >= 11 is 0.